The van der Waals surface area contributed by atoms with Crippen LogP contribution in [0.2, 0.25) is 0 Å². The highest BCUT2D eigenvalue weighted by molar-refractivity contribution is 6.13. The number of pyridine rings is 3. The van der Waals surface area contributed by atoms with Crippen LogP contribution in [0.4, 0.5) is 5.69 Å². The molecule has 0 radical (unpaired) electrons. The van der Waals surface area contributed by atoms with Gasteiger partial charge in [0, 0.05) is 68.8 Å². The third-order valence-electron chi connectivity index (χ3n) is 6.49. The Morgan fingerprint density at radius 2 is 1.68 bits per heavy atom. The summed E-state index contributed by atoms with van der Waals surface area (Å²) < 4.78 is 5.86. The fraction of sp³-hybridized carbons (Fsp3) is 0.276. The van der Waals surface area contributed by atoms with Gasteiger partial charge in [-0.3, -0.25) is 24.5 Å². The summed E-state index contributed by atoms with van der Waals surface area (Å²) in [6.07, 6.45) is 13.3. The van der Waals surface area contributed by atoms with Crippen LogP contribution in [-0.2, 0) is 19.5 Å². The number of carbonyl (C=O) groups excluding carboxylic acids is 2. The highest BCUT2D eigenvalue weighted by Gasteiger charge is 2.25. The Bertz CT molecular complexity index is 1310. The molecule has 4 aromatic heterocycles. The summed E-state index contributed by atoms with van der Waals surface area (Å²) in [6.45, 7) is 2.98. The Labute approximate surface area is 221 Å². The number of nitrogens with zero attached hydrogens (tertiary/aromatic N) is 4. The lowest BCUT2D eigenvalue weighted by atomic mass is 9.93. The van der Waals surface area contributed by atoms with Gasteiger partial charge in [-0.25, -0.2) is 4.98 Å². The van der Waals surface area contributed by atoms with Crippen molar-refractivity contribution in [3.63, 3.8) is 0 Å². The molecular weight excluding hydrogens is 480 g/mol. The van der Waals surface area contributed by atoms with Crippen molar-refractivity contribution in [2.75, 3.05) is 18.5 Å². The molecule has 0 saturated heterocycles. The molecule has 4 aromatic rings. The number of fused-ring (bicyclic) bond motifs is 1. The summed E-state index contributed by atoms with van der Waals surface area (Å²) in [4.78, 5) is 43.0. The van der Waals surface area contributed by atoms with Crippen LogP contribution in [0.5, 0.6) is 5.88 Å². The molecule has 0 unspecified atom stereocenters. The summed E-state index contributed by atoms with van der Waals surface area (Å²) in [6, 6.07) is 11.6. The number of anilines is 1. The molecule has 0 spiro atoms. The van der Waals surface area contributed by atoms with Crippen molar-refractivity contribution in [2.45, 2.75) is 38.8 Å². The van der Waals surface area contributed by atoms with Gasteiger partial charge in [0.1, 0.15) is 0 Å². The molecule has 1 aliphatic carbocycles. The molecule has 194 valence electrons. The fourth-order valence-corrected chi connectivity index (χ4v) is 4.62. The normalized spacial score (nSPS) is 12.8. The Kier molecular flexibility index (Phi) is 8.15. The minimum atomic E-state index is -0.322. The van der Waals surface area contributed by atoms with Crippen LogP contribution in [0.3, 0.4) is 0 Å². The van der Waals surface area contributed by atoms with Crippen molar-refractivity contribution in [2.24, 2.45) is 0 Å². The van der Waals surface area contributed by atoms with E-state index < -0.39 is 0 Å². The summed E-state index contributed by atoms with van der Waals surface area (Å²) in [5, 5.41) is 2.83. The zero-order chi connectivity index (χ0) is 26.2. The Balaban J connectivity index is 1.12. The lowest BCUT2D eigenvalue weighted by Crippen LogP contribution is -2.25. The topological polar surface area (TPSA) is 113 Å². The van der Waals surface area contributed by atoms with E-state index in [1.165, 1.54) is 11.1 Å². The standard InChI is InChI=1S/C29H30N6O3/c36-26-4-1-3-25-28(26)24(18-32-25)29(37)34-23-5-6-27(33-17-23)38-16-2-15-35(19-21-7-11-30-12-8-21)20-22-9-13-31-14-10-22/h5-14,17-18,32H,1-4,15-16,19-20H2,(H,34,37). The van der Waals surface area contributed by atoms with E-state index in [-0.39, 0.29) is 11.7 Å². The number of nitrogens with one attached hydrogen (secondary N) is 2. The molecule has 0 bridgehead atoms. The lowest BCUT2D eigenvalue weighted by molar-refractivity contribution is 0.0956. The maximum absolute atomic E-state index is 12.8. The largest absolute Gasteiger partial charge is 0.478 e. The molecule has 0 aromatic carbocycles. The second kappa shape index (κ2) is 12.2. The number of amides is 1. The second-order valence-corrected chi connectivity index (χ2v) is 9.30. The van der Waals surface area contributed by atoms with Crippen LogP contribution in [0.25, 0.3) is 0 Å². The molecule has 0 saturated carbocycles. The molecule has 2 N–H and O–H groups in total. The Morgan fingerprint density at radius 3 is 2.34 bits per heavy atom. The minimum absolute atomic E-state index is 0.0136. The van der Waals surface area contributed by atoms with Crippen molar-refractivity contribution < 1.29 is 14.3 Å². The van der Waals surface area contributed by atoms with Crippen LogP contribution in [0.15, 0.2) is 73.6 Å². The number of aryl methyl sites for hydroxylation is 1. The van der Waals surface area contributed by atoms with E-state index in [0.29, 0.717) is 35.7 Å². The number of carbonyl (C=O) groups is 2. The molecular formula is C29H30N6O3. The van der Waals surface area contributed by atoms with Crippen molar-refractivity contribution in [1.29, 1.82) is 0 Å². The highest BCUT2D eigenvalue weighted by atomic mass is 16.5. The predicted octanol–water partition coefficient (Wildman–Crippen LogP) is 4.44. The number of aromatic nitrogens is 4. The molecule has 1 aliphatic rings. The summed E-state index contributed by atoms with van der Waals surface area (Å²) >= 11 is 0. The third kappa shape index (κ3) is 6.49. The second-order valence-electron chi connectivity index (χ2n) is 9.30. The van der Waals surface area contributed by atoms with Crippen molar-refractivity contribution in [3.05, 3.63) is 102 Å². The molecule has 9 heteroatoms. The first-order valence-corrected chi connectivity index (χ1v) is 12.8. The van der Waals surface area contributed by atoms with E-state index in [1.54, 1.807) is 24.5 Å². The zero-order valence-electron chi connectivity index (χ0n) is 21.1. The number of aromatic amines is 1. The van der Waals surface area contributed by atoms with Gasteiger partial charge < -0.3 is 15.0 Å². The predicted molar refractivity (Wildman–Crippen MR) is 143 cm³/mol. The maximum atomic E-state index is 12.8. The number of ketones is 1. The highest BCUT2D eigenvalue weighted by Crippen LogP contribution is 2.25. The minimum Gasteiger partial charge on any atom is -0.478 e. The fourth-order valence-electron chi connectivity index (χ4n) is 4.62. The first-order valence-electron chi connectivity index (χ1n) is 12.8. The lowest BCUT2D eigenvalue weighted by Gasteiger charge is -2.22. The van der Waals surface area contributed by atoms with Gasteiger partial charge in [0.2, 0.25) is 5.88 Å². The van der Waals surface area contributed by atoms with E-state index in [4.69, 9.17) is 4.74 Å². The molecule has 0 aliphatic heterocycles. The first kappa shape index (κ1) is 25.3. The Morgan fingerprint density at radius 1 is 0.974 bits per heavy atom. The van der Waals surface area contributed by atoms with E-state index in [2.05, 4.69) is 30.2 Å². The molecule has 5 rings (SSSR count). The van der Waals surface area contributed by atoms with Gasteiger partial charge in [0.15, 0.2) is 5.78 Å². The number of rotatable bonds is 11. The van der Waals surface area contributed by atoms with E-state index in [9.17, 15) is 9.59 Å². The van der Waals surface area contributed by atoms with E-state index in [1.807, 2.05) is 49.1 Å². The number of Topliss-reactive ketones (excluding diaryl/α,β-unsaturated/α-hetero) is 1. The van der Waals surface area contributed by atoms with Gasteiger partial charge in [0.05, 0.1) is 29.6 Å². The summed E-state index contributed by atoms with van der Waals surface area (Å²) in [5.74, 6) is 0.184. The zero-order valence-corrected chi connectivity index (χ0v) is 21.1. The van der Waals surface area contributed by atoms with Crippen LogP contribution < -0.4 is 10.1 Å². The van der Waals surface area contributed by atoms with Gasteiger partial charge in [0.25, 0.3) is 5.91 Å². The van der Waals surface area contributed by atoms with E-state index in [0.717, 1.165) is 44.6 Å². The smallest absolute Gasteiger partial charge is 0.257 e. The third-order valence-corrected chi connectivity index (χ3v) is 6.49. The molecule has 9 nitrogen and oxygen atoms in total. The van der Waals surface area contributed by atoms with Crippen molar-refractivity contribution >= 4 is 17.4 Å². The van der Waals surface area contributed by atoms with Gasteiger partial charge in [-0.05, 0) is 60.7 Å². The SMILES string of the molecule is O=C(Nc1ccc(OCCCN(Cc2ccncc2)Cc2ccncc2)nc1)c1c[nH]c2c1C(=O)CCC2. The van der Waals surface area contributed by atoms with Gasteiger partial charge in [-0.1, -0.05) is 0 Å². The van der Waals surface area contributed by atoms with Crippen LogP contribution in [-0.4, -0.2) is 49.7 Å². The maximum Gasteiger partial charge on any atom is 0.257 e. The van der Waals surface area contributed by atoms with Crippen molar-refractivity contribution in [1.82, 2.24) is 24.8 Å². The number of H-pyrrole nitrogens is 1. The van der Waals surface area contributed by atoms with Gasteiger partial charge >= 0.3 is 0 Å². The first-order chi connectivity index (χ1) is 18.7. The quantitative estimate of drug-likeness (QED) is 0.287. The van der Waals surface area contributed by atoms with Crippen LogP contribution >= 0.6 is 0 Å². The number of ether oxygens (including phenoxy) is 1. The molecule has 38 heavy (non-hydrogen) atoms. The average Bonchev–Trinajstić information content (AvgIpc) is 3.39. The molecule has 4 heterocycles. The number of hydrogen-bond donors (Lipinski definition) is 2. The van der Waals surface area contributed by atoms with Gasteiger partial charge in [-0.15, -0.1) is 0 Å². The van der Waals surface area contributed by atoms with Gasteiger partial charge in [-0.2, -0.15) is 0 Å². The summed E-state index contributed by atoms with van der Waals surface area (Å²) in [5.41, 5.74) is 4.70. The summed E-state index contributed by atoms with van der Waals surface area (Å²) in [7, 11) is 0. The number of hydrogen-bond acceptors (Lipinski definition) is 7. The Hall–Kier alpha value is -4.37. The average molecular weight is 511 g/mol. The van der Waals surface area contributed by atoms with Crippen LogP contribution in [0.1, 0.15) is 56.8 Å². The molecule has 0 fully saturated rings. The van der Waals surface area contributed by atoms with Crippen LogP contribution in [0, 0.1) is 0 Å². The molecule has 0 atom stereocenters. The van der Waals surface area contributed by atoms with Crippen molar-refractivity contribution in [3.8, 4) is 5.88 Å². The monoisotopic (exact) mass is 510 g/mol. The molecule has 1 amide bonds. The van der Waals surface area contributed by atoms with E-state index >= 15 is 0 Å².